The van der Waals surface area contributed by atoms with Crippen molar-refractivity contribution in [3.63, 3.8) is 0 Å². The molecule has 0 bridgehead atoms. The molecule has 0 amide bonds. The van der Waals surface area contributed by atoms with E-state index in [1.807, 2.05) is 56.3 Å². The third-order valence-electron chi connectivity index (χ3n) is 3.63. The maximum atomic E-state index is 13.5. The van der Waals surface area contributed by atoms with Gasteiger partial charge in [0.05, 0.1) is 6.61 Å². The predicted molar refractivity (Wildman–Crippen MR) is 95.7 cm³/mol. The highest BCUT2D eigenvalue weighted by atomic mass is 31.2. The van der Waals surface area contributed by atoms with Crippen LogP contribution in [0, 0.1) is 0 Å². The van der Waals surface area contributed by atoms with Gasteiger partial charge >= 0.3 is 0 Å². The summed E-state index contributed by atoms with van der Waals surface area (Å²) in [5.74, 6) is -1.17. The van der Waals surface area contributed by atoms with E-state index in [9.17, 15) is 9.67 Å². The Morgan fingerprint density at radius 1 is 1.09 bits per heavy atom. The standard InChI is InChI=1S/C18H24NO3P/c1-4-14-22-23(21,18(20)15-8-6-5-7-9-15)17-12-10-16(11-13-17)19(2)3/h5-13,18,20H,4,14H2,1-3H3/t18-,23+/m1/s1. The molecule has 23 heavy (non-hydrogen) atoms. The molecule has 0 saturated heterocycles. The SMILES string of the molecule is CCCO[P@@](=O)(c1ccc(N(C)C)cc1)[C@@H](O)c1ccccc1. The van der Waals surface area contributed by atoms with E-state index in [-0.39, 0.29) is 0 Å². The highest BCUT2D eigenvalue weighted by Gasteiger charge is 2.36. The molecule has 0 spiro atoms. The molecule has 0 radical (unpaired) electrons. The van der Waals surface area contributed by atoms with E-state index in [2.05, 4.69) is 0 Å². The molecular formula is C18H24NO3P. The summed E-state index contributed by atoms with van der Waals surface area (Å²) in [6.07, 6.45) is 0.737. The molecule has 2 atom stereocenters. The van der Waals surface area contributed by atoms with Crippen LogP contribution in [0.2, 0.25) is 0 Å². The van der Waals surface area contributed by atoms with Crippen LogP contribution in [0.15, 0.2) is 54.6 Å². The second-order valence-electron chi connectivity index (χ2n) is 5.63. The van der Waals surface area contributed by atoms with Crippen LogP contribution in [0.25, 0.3) is 0 Å². The van der Waals surface area contributed by atoms with Gasteiger partial charge in [-0.05, 0) is 36.2 Å². The normalized spacial score (nSPS) is 15.0. The Kier molecular flexibility index (Phi) is 6.00. The zero-order valence-corrected chi connectivity index (χ0v) is 14.7. The highest BCUT2D eigenvalue weighted by Crippen LogP contribution is 2.57. The Morgan fingerprint density at radius 3 is 2.22 bits per heavy atom. The average molecular weight is 333 g/mol. The Balaban J connectivity index is 2.40. The monoisotopic (exact) mass is 333 g/mol. The third-order valence-corrected chi connectivity index (χ3v) is 6.16. The molecule has 1 N–H and O–H groups in total. The van der Waals surface area contributed by atoms with E-state index in [0.29, 0.717) is 17.5 Å². The second-order valence-corrected chi connectivity index (χ2v) is 8.08. The van der Waals surface area contributed by atoms with Gasteiger partial charge in [0.25, 0.3) is 7.37 Å². The van der Waals surface area contributed by atoms with Crippen LogP contribution in [0.4, 0.5) is 5.69 Å². The Hall–Kier alpha value is -1.61. The van der Waals surface area contributed by atoms with Gasteiger partial charge in [0.2, 0.25) is 0 Å². The van der Waals surface area contributed by atoms with Gasteiger partial charge in [0, 0.05) is 25.1 Å². The van der Waals surface area contributed by atoms with Gasteiger partial charge in [-0.25, -0.2) is 0 Å². The fourth-order valence-corrected chi connectivity index (χ4v) is 4.45. The van der Waals surface area contributed by atoms with Gasteiger partial charge in [-0.15, -0.1) is 0 Å². The summed E-state index contributed by atoms with van der Waals surface area (Å²) >= 11 is 0. The Labute approximate surface area is 138 Å². The van der Waals surface area contributed by atoms with Crippen LogP contribution < -0.4 is 10.2 Å². The van der Waals surface area contributed by atoms with Gasteiger partial charge in [-0.2, -0.15) is 0 Å². The smallest absolute Gasteiger partial charge is 0.264 e. The molecule has 0 fully saturated rings. The first-order valence-electron chi connectivity index (χ1n) is 7.74. The van der Waals surface area contributed by atoms with Crippen molar-refractivity contribution in [1.29, 1.82) is 0 Å². The molecule has 5 heteroatoms. The number of benzene rings is 2. The number of hydrogen-bond donors (Lipinski definition) is 1. The summed E-state index contributed by atoms with van der Waals surface area (Å²) in [5, 5.41) is 11.2. The van der Waals surface area contributed by atoms with Crippen LogP contribution in [0.5, 0.6) is 0 Å². The van der Waals surface area contributed by atoms with Gasteiger partial charge in [0.1, 0.15) is 0 Å². The van der Waals surface area contributed by atoms with E-state index in [1.54, 1.807) is 24.3 Å². The maximum absolute atomic E-state index is 13.5. The zero-order chi connectivity index (χ0) is 16.9. The van der Waals surface area contributed by atoms with Crippen molar-refractivity contribution in [2.45, 2.75) is 19.2 Å². The molecule has 0 unspecified atom stereocenters. The quantitative estimate of drug-likeness (QED) is 0.784. The summed E-state index contributed by atoms with van der Waals surface area (Å²) < 4.78 is 19.1. The topological polar surface area (TPSA) is 49.8 Å². The Bertz CT molecular complexity index is 656. The van der Waals surface area contributed by atoms with Crippen molar-refractivity contribution in [3.8, 4) is 0 Å². The third kappa shape index (κ3) is 4.03. The van der Waals surface area contributed by atoms with E-state index in [0.717, 1.165) is 12.1 Å². The van der Waals surface area contributed by atoms with E-state index < -0.39 is 13.2 Å². The van der Waals surface area contributed by atoms with Gasteiger partial charge < -0.3 is 14.5 Å². The summed E-state index contributed by atoms with van der Waals surface area (Å²) in [4.78, 5) is 1.97. The molecular weight excluding hydrogens is 309 g/mol. The lowest BCUT2D eigenvalue weighted by Crippen LogP contribution is -2.16. The summed E-state index contributed by atoms with van der Waals surface area (Å²) in [7, 11) is 0.477. The van der Waals surface area contributed by atoms with Crippen molar-refractivity contribution in [2.24, 2.45) is 0 Å². The number of anilines is 1. The second kappa shape index (κ2) is 7.78. The van der Waals surface area contributed by atoms with E-state index in [1.165, 1.54) is 0 Å². The molecule has 2 aromatic rings. The molecule has 0 aromatic heterocycles. The molecule has 2 aromatic carbocycles. The van der Waals surface area contributed by atoms with Crippen molar-refractivity contribution < 1.29 is 14.2 Å². The van der Waals surface area contributed by atoms with Crippen LogP contribution in [0.1, 0.15) is 24.8 Å². The van der Waals surface area contributed by atoms with Gasteiger partial charge in [0.15, 0.2) is 5.85 Å². The fourth-order valence-electron chi connectivity index (χ4n) is 2.29. The van der Waals surface area contributed by atoms with Crippen molar-refractivity contribution in [1.82, 2.24) is 0 Å². The molecule has 0 heterocycles. The first-order valence-corrected chi connectivity index (χ1v) is 9.43. The first kappa shape index (κ1) is 17.7. The molecule has 0 aliphatic rings. The highest BCUT2D eigenvalue weighted by molar-refractivity contribution is 7.67. The molecule has 0 saturated carbocycles. The number of rotatable bonds is 7. The Morgan fingerprint density at radius 2 is 1.70 bits per heavy atom. The lowest BCUT2D eigenvalue weighted by molar-refractivity contribution is 0.214. The summed E-state index contributed by atoms with van der Waals surface area (Å²) in [6.45, 7) is 2.30. The molecule has 2 rings (SSSR count). The number of nitrogens with zero attached hydrogens (tertiary/aromatic N) is 1. The molecule has 0 aliphatic heterocycles. The first-order chi connectivity index (χ1) is 11.0. The number of hydrogen-bond acceptors (Lipinski definition) is 4. The van der Waals surface area contributed by atoms with Gasteiger partial charge in [-0.3, -0.25) is 4.57 Å². The van der Waals surface area contributed by atoms with E-state index in [4.69, 9.17) is 4.52 Å². The molecule has 0 aliphatic carbocycles. The largest absolute Gasteiger partial charge is 0.378 e. The summed E-state index contributed by atoms with van der Waals surface area (Å²) in [6, 6.07) is 16.3. The van der Waals surface area contributed by atoms with Gasteiger partial charge in [-0.1, -0.05) is 37.3 Å². The lowest BCUT2D eigenvalue weighted by atomic mass is 10.2. The van der Waals surface area contributed by atoms with Crippen molar-refractivity contribution in [2.75, 3.05) is 25.6 Å². The van der Waals surface area contributed by atoms with Crippen LogP contribution >= 0.6 is 7.37 Å². The summed E-state index contributed by atoms with van der Waals surface area (Å²) in [5.41, 5.74) is 1.61. The molecule has 4 nitrogen and oxygen atoms in total. The number of aliphatic hydroxyl groups excluding tert-OH is 1. The lowest BCUT2D eigenvalue weighted by Gasteiger charge is -2.25. The van der Waals surface area contributed by atoms with Crippen LogP contribution in [-0.2, 0) is 9.09 Å². The minimum atomic E-state index is -3.41. The maximum Gasteiger partial charge on any atom is 0.264 e. The van der Waals surface area contributed by atoms with Crippen LogP contribution in [-0.4, -0.2) is 25.8 Å². The van der Waals surface area contributed by atoms with Crippen LogP contribution in [0.3, 0.4) is 0 Å². The van der Waals surface area contributed by atoms with E-state index >= 15 is 0 Å². The van der Waals surface area contributed by atoms with Crippen molar-refractivity contribution in [3.05, 3.63) is 60.2 Å². The average Bonchev–Trinajstić information content (AvgIpc) is 2.59. The minimum Gasteiger partial charge on any atom is -0.378 e. The molecule has 124 valence electrons. The minimum absolute atomic E-state index is 0.344. The number of aliphatic hydroxyl groups is 1. The fraction of sp³-hybridized carbons (Fsp3) is 0.333. The van der Waals surface area contributed by atoms with Crippen molar-refractivity contribution >= 4 is 18.4 Å². The predicted octanol–water partition coefficient (Wildman–Crippen LogP) is 3.77. The zero-order valence-electron chi connectivity index (χ0n) is 13.8.